The third kappa shape index (κ3) is 5.46. The van der Waals surface area contributed by atoms with Gasteiger partial charge in [-0.2, -0.15) is 13.2 Å². The molecule has 6 heteroatoms. The third-order valence-electron chi connectivity index (χ3n) is 2.96. The van der Waals surface area contributed by atoms with Gasteiger partial charge in [0.1, 0.15) is 4.99 Å². The van der Waals surface area contributed by atoms with Gasteiger partial charge in [0.25, 0.3) is 0 Å². The summed E-state index contributed by atoms with van der Waals surface area (Å²) in [5.41, 5.74) is 8.04. The smallest absolute Gasteiger partial charge is 0.389 e. The standard InChI is InChI=1S/C14H19F3N2S/c1-3-6-19(9-14(15,16)17)8-12-5-4-11(13(18)20)7-10(12)2/h4-5,7H,3,6,8-9H2,1-2H3,(H2,18,20). The molecule has 1 aromatic carbocycles. The minimum atomic E-state index is -4.18. The van der Waals surface area contributed by atoms with Crippen LogP contribution in [0.25, 0.3) is 0 Å². The topological polar surface area (TPSA) is 29.3 Å². The molecule has 0 fully saturated rings. The minimum Gasteiger partial charge on any atom is -0.389 e. The van der Waals surface area contributed by atoms with Crippen molar-refractivity contribution in [1.82, 2.24) is 4.90 Å². The van der Waals surface area contributed by atoms with E-state index in [4.69, 9.17) is 18.0 Å². The van der Waals surface area contributed by atoms with E-state index in [9.17, 15) is 13.2 Å². The van der Waals surface area contributed by atoms with E-state index in [1.165, 1.54) is 4.90 Å². The first-order chi connectivity index (χ1) is 9.23. The Kier molecular flexibility index (Phi) is 5.95. The summed E-state index contributed by atoms with van der Waals surface area (Å²) in [6.45, 7) is 3.52. The van der Waals surface area contributed by atoms with Crippen LogP contribution in [-0.4, -0.2) is 29.2 Å². The lowest BCUT2D eigenvalue weighted by Gasteiger charge is -2.24. The molecule has 0 saturated carbocycles. The van der Waals surface area contributed by atoms with Gasteiger partial charge in [0, 0.05) is 12.1 Å². The number of thiocarbonyl (C=S) groups is 1. The molecule has 2 N–H and O–H groups in total. The molecular formula is C14H19F3N2S. The molecule has 0 aromatic heterocycles. The van der Waals surface area contributed by atoms with E-state index in [1.54, 1.807) is 12.1 Å². The lowest BCUT2D eigenvalue weighted by molar-refractivity contribution is -0.147. The fraction of sp³-hybridized carbons (Fsp3) is 0.500. The molecule has 0 aliphatic carbocycles. The fourth-order valence-electron chi connectivity index (χ4n) is 2.05. The van der Waals surface area contributed by atoms with Gasteiger partial charge in [-0.05, 0) is 37.1 Å². The number of halogens is 3. The molecule has 0 amide bonds. The lowest BCUT2D eigenvalue weighted by atomic mass is 10.0. The Balaban J connectivity index is 2.85. The average Bonchev–Trinajstić information content (AvgIpc) is 2.29. The zero-order valence-corrected chi connectivity index (χ0v) is 12.4. The summed E-state index contributed by atoms with van der Waals surface area (Å²) in [5.74, 6) is 0. The molecule has 0 atom stereocenters. The van der Waals surface area contributed by atoms with Gasteiger partial charge in [-0.15, -0.1) is 0 Å². The molecule has 20 heavy (non-hydrogen) atoms. The SMILES string of the molecule is CCCN(Cc1ccc(C(N)=S)cc1C)CC(F)(F)F. The van der Waals surface area contributed by atoms with E-state index in [0.717, 1.165) is 16.7 Å². The molecule has 0 saturated heterocycles. The van der Waals surface area contributed by atoms with Crippen LogP contribution in [0.1, 0.15) is 30.0 Å². The normalized spacial score (nSPS) is 11.9. The van der Waals surface area contributed by atoms with Crippen LogP contribution >= 0.6 is 12.2 Å². The first-order valence-electron chi connectivity index (χ1n) is 6.41. The summed E-state index contributed by atoms with van der Waals surface area (Å²) in [5, 5.41) is 0. The van der Waals surface area contributed by atoms with Crippen molar-refractivity contribution in [1.29, 1.82) is 0 Å². The van der Waals surface area contributed by atoms with Gasteiger partial charge in [0.05, 0.1) is 6.54 Å². The van der Waals surface area contributed by atoms with Crippen LogP contribution in [0.15, 0.2) is 18.2 Å². The van der Waals surface area contributed by atoms with Crippen molar-refractivity contribution in [3.8, 4) is 0 Å². The lowest BCUT2D eigenvalue weighted by Crippen LogP contribution is -2.34. The first-order valence-corrected chi connectivity index (χ1v) is 6.82. The highest BCUT2D eigenvalue weighted by molar-refractivity contribution is 7.80. The number of hydrogen-bond acceptors (Lipinski definition) is 2. The Bertz CT molecular complexity index is 472. The summed E-state index contributed by atoms with van der Waals surface area (Å²) >= 11 is 4.88. The van der Waals surface area contributed by atoms with Crippen LogP contribution in [0.5, 0.6) is 0 Å². The van der Waals surface area contributed by atoms with Gasteiger partial charge in [-0.3, -0.25) is 4.90 Å². The quantitative estimate of drug-likeness (QED) is 0.817. The molecule has 0 bridgehead atoms. The number of aryl methyl sites for hydroxylation is 1. The van der Waals surface area contributed by atoms with E-state index >= 15 is 0 Å². The first kappa shape index (κ1) is 16.9. The van der Waals surface area contributed by atoms with Crippen molar-refractivity contribution in [3.63, 3.8) is 0 Å². The van der Waals surface area contributed by atoms with Crippen molar-refractivity contribution < 1.29 is 13.2 Å². The predicted molar refractivity (Wildman–Crippen MR) is 78.7 cm³/mol. The van der Waals surface area contributed by atoms with Crippen LogP contribution in [-0.2, 0) is 6.54 Å². The Morgan fingerprint density at radius 1 is 1.35 bits per heavy atom. The Morgan fingerprint density at radius 3 is 2.45 bits per heavy atom. The molecule has 0 unspecified atom stereocenters. The maximum Gasteiger partial charge on any atom is 0.401 e. The summed E-state index contributed by atoms with van der Waals surface area (Å²) in [6, 6.07) is 5.36. The minimum absolute atomic E-state index is 0.275. The van der Waals surface area contributed by atoms with E-state index in [0.29, 0.717) is 18.0 Å². The maximum atomic E-state index is 12.5. The maximum absolute atomic E-state index is 12.5. The zero-order valence-electron chi connectivity index (χ0n) is 11.6. The van der Waals surface area contributed by atoms with Crippen LogP contribution in [0, 0.1) is 6.92 Å². The second-order valence-corrected chi connectivity index (χ2v) is 5.27. The monoisotopic (exact) mass is 304 g/mol. The number of hydrogen-bond donors (Lipinski definition) is 1. The van der Waals surface area contributed by atoms with E-state index in [-0.39, 0.29) is 6.54 Å². The van der Waals surface area contributed by atoms with Crippen molar-refractivity contribution in [3.05, 3.63) is 34.9 Å². The summed E-state index contributed by atoms with van der Waals surface area (Å²) in [7, 11) is 0. The van der Waals surface area contributed by atoms with Crippen LogP contribution in [0.3, 0.4) is 0 Å². The van der Waals surface area contributed by atoms with Crippen molar-refractivity contribution >= 4 is 17.2 Å². The molecular weight excluding hydrogens is 285 g/mol. The molecule has 0 spiro atoms. The largest absolute Gasteiger partial charge is 0.401 e. The van der Waals surface area contributed by atoms with Crippen molar-refractivity contribution in [2.45, 2.75) is 33.0 Å². The Labute approximate surface area is 122 Å². The molecule has 0 aliphatic rings. The summed E-state index contributed by atoms with van der Waals surface area (Å²) < 4.78 is 37.6. The van der Waals surface area contributed by atoms with Crippen LogP contribution < -0.4 is 5.73 Å². The molecule has 1 aromatic rings. The predicted octanol–water partition coefficient (Wildman–Crippen LogP) is 3.40. The Hall–Kier alpha value is -1.14. The van der Waals surface area contributed by atoms with Gasteiger partial charge in [-0.1, -0.05) is 31.3 Å². The van der Waals surface area contributed by atoms with Gasteiger partial charge >= 0.3 is 6.18 Å². The zero-order chi connectivity index (χ0) is 15.3. The van der Waals surface area contributed by atoms with Crippen molar-refractivity contribution in [2.75, 3.05) is 13.1 Å². The molecule has 0 heterocycles. The third-order valence-corrected chi connectivity index (χ3v) is 3.20. The molecule has 1 rings (SSSR count). The van der Waals surface area contributed by atoms with Crippen LogP contribution in [0.2, 0.25) is 0 Å². The van der Waals surface area contributed by atoms with Gasteiger partial charge in [0.15, 0.2) is 0 Å². The second kappa shape index (κ2) is 7.04. The highest BCUT2D eigenvalue weighted by Gasteiger charge is 2.30. The van der Waals surface area contributed by atoms with Crippen molar-refractivity contribution in [2.24, 2.45) is 5.73 Å². The highest BCUT2D eigenvalue weighted by Crippen LogP contribution is 2.20. The number of rotatable bonds is 6. The summed E-state index contributed by atoms with van der Waals surface area (Å²) in [6.07, 6.45) is -3.50. The fourth-order valence-corrected chi connectivity index (χ4v) is 2.18. The second-order valence-electron chi connectivity index (χ2n) is 4.83. The average molecular weight is 304 g/mol. The Morgan fingerprint density at radius 2 is 2.00 bits per heavy atom. The van der Waals surface area contributed by atoms with E-state index in [2.05, 4.69) is 0 Å². The van der Waals surface area contributed by atoms with Crippen LogP contribution in [0.4, 0.5) is 13.2 Å². The number of nitrogens with two attached hydrogens (primary N) is 1. The highest BCUT2D eigenvalue weighted by atomic mass is 32.1. The number of nitrogens with zero attached hydrogens (tertiary/aromatic N) is 1. The van der Waals surface area contributed by atoms with E-state index in [1.807, 2.05) is 19.9 Å². The number of alkyl halides is 3. The van der Waals surface area contributed by atoms with Gasteiger partial charge < -0.3 is 5.73 Å². The summed E-state index contributed by atoms with van der Waals surface area (Å²) in [4.78, 5) is 1.70. The molecule has 2 nitrogen and oxygen atoms in total. The molecule has 0 aliphatic heterocycles. The number of benzene rings is 1. The molecule has 0 radical (unpaired) electrons. The van der Waals surface area contributed by atoms with Gasteiger partial charge in [0.2, 0.25) is 0 Å². The molecule has 112 valence electrons. The van der Waals surface area contributed by atoms with Gasteiger partial charge in [-0.25, -0.2) is 0 Å². The van der Waals surface area contributed by atoms with E-state index < -0.39 is 12.7 Å².